The lowest BCUT2D eigenvalue weighted by Gasteiger charge is -2.60. The molecule has 2 N–H and O–H groups in total. The molecule has 24 heavy (non-hydrogen) atoms. The molecule has 0 spiro atoms. The first-order chi connectivity index (χ1) is 11.3. The van der Waals surface area contributed by atoms with Crippen molar-refractivity contribution in [3.63, 3.8) is 0 Å². The van der Waals surface area contributed by atoms with E-state index in [2.05, 4.69) is 26.8 Å². The number of carbonyl (C=O) groups excluding carboxylic acids is 1. The van der Waals surface area contributed by atoms with Crippen molar-refractivity contribution in [2.45, 2.75) is 72.0 Å². The Morgan fingerprint density at radius 3 is 2.58 bits per heavy atom. The van der Waals surface area contributed by atoms with E-state index >= 15 is 0 Å². The average Bonchev–Trinajstić information content (AvgIpc) is 2.82. The topological polar surface area (TPSA) is 57.5 Å². The predicted molar refractivity (Wildman–Crippen MR) is 93.0 cm³/mol. The van der Waals surface area contributed by atoms with Gasteiger partial charge in [-0.2, -0.15) is 0 Å². The van der Waals surface area contributed by atoms with Gasteiger partial charge >= 0.3 is 0 Å². The van der Waals surface area contributed by atoms with Gasteiger partial charge in [0.25, 0.3) is 0 Å². The number of allylic oxidation sites excluding steroid dienone is 1. The number of aliphatic hydroxyl groups excluding tert-OH is 1. The fourth-order valence-corrected chi connectivity index (χ4v) is 7.32. The molecule has 0 heterocycles. The second-order valence-corrected chi connectivity index (χ2v) is 9.49. The largest absolute Gasteiger partial charge is 0.367 e. The summed E-state index contributed by atoms with van der Waals surface area (Å²) in [5.41, 5.74) is 0.891. The number of aliphatic hydroxyl groups is 2. The minimum Gasteiger partial charge on any atom is -0.367 e. The van der Waals surface area contributed by atoms with E-state index in [9.17, 15) is 15.0 Å². The van der Waals surface area contributed by atoms with Gasteiger partial charge in [0.15, 0.2) is 6.29 Å². The lowest BCUT2D eigenvalue weighted by Crippen LogP contribution is -2.57. The Morgan fingerprint density at radius 2 is 1.88 bits per heavy atom. The second kappa shape index (κ2) is 5.41. The summed E-state index contributed by atoms with van der Waals surface area (Å²) in [6.45, 7) is 7.18. The number of Topliss-reactive ketones (excluding diaryl/α,β-unsaturated/α-hetero) is 1. The lowest BCUT2D eigenvalue weighted by atomic mass is 9.45. The molecule has 0 bridgehead atoms. The van der Waals surface area contributed by atoms with Crippen LogP contribution in [0.3, 0.4) is 0 Å². The molecule has 3 heteroatoms. The number of rotatable bonds is 1. The molecule has 0 aromatic heterocycles. The Kier molecular flexibility index (Phi) is 3.78. The summed E-state index contributed by atoms with van der Waals surface area (Å²) in [4.78, 5) is 12.0. The lowest BCUT2D eigenvalue weighted by molar-refractivity contribution is -0.186. The highest BCUT2D eigenvalue weighted by Gasteiger charge is 2.62. The minimum atomic E-state index is -1.33. The normalized spacial score (nSPS) is 51.0. The molecule has 0 aliphatic heterocycles. The van der Waals surface area contributed by atoms with E-state index in [0.717, 1.165) is 17.9 Å². The molecule has 4 rings (SSSR count). The van der Waals surface area contributed by atoms with Crippen LogP contribution in [0.1, 0.15) is 65.7 Å². The molecule has 134 valence electrons. The summed E-state index contributed by atoms with van der Waals surface area (Å²) in [7, 11) is 0. The predicted octanol–water partition coefficient (Wildman–Crippen LogP) is 3.69. The second-order valence-electron chi connectivity index (χ2n) is 9.49. The van der Waals surface area contributed by atoms with Crippen LogP contribution in [-0.2, 0) is 4.79 Å². The van der Waals surface area contributed by atoms with Gasteiger partial charge < -0.3 is 10.2 Å². The van der Waals surface area contributed by atoms with Gasteiger partial charge in [0.2, 0.25) is 0 Å². The van der Waals surface area contributed by atoms with Crippen LogP contribution in [0.25, 0.3) is 0 Å². The van der Waals surface area contributed by atoms with E-state index in [-0.39, 0.29) is 5.78 Å². The number of fused-ring (bicyclic) bond motifs is 5. The van der Waals surface area contributed by atoms with Gasteiger partial charge in [-0.05, 0) is 67.1 Å². The van der Waals surface area contributed by atoms with Crippen LogP contribution < -0.4 is 0 Å². The standard InChI is InChI=1S/C21H32O3/c1-12-10-14-11-15(22)6-9-21(14,19(23)24)17-7-8-20(3)13(2)4-5-16(20)18(12)17/h10,12-13,16-19,23-24H,4-9,11H2,1-3H3/t12?,13?,16-,17+,18-,20+,21+/m0/s1. The molecule has 7 atom stereocenters. The van der Waals surface area contributed by atoms with E-state index in [1.54, 1.807) is 0 Å². The Labute approximate surface area is 145 Å². The van der Waals surface area contributed by atoms with Crippen molar-refractivity contribution >= 4 is 5.78 Å². The molecule has 3 nitrogen and oxygen atoms in total. The molecular weight excluding hydrogens is 300 g/mol. The van der Waals surface area contributed by atoms with E-state index in [0.29, 0.717) is 48.3 Å². The summed E-state index contributed by atoms with van der Waals surface area (Å²) >= 11 is 0. The molecule has 0 aromatic rings. The molecule has 3 saturated carbocycles. The highest BCUT2D eigenvalue weighted by atomic mass is 16.5. The first-order valence-electron chi connectivity index (χ1n) is 9.89. The van der Waals surface area contributed by atoms with E-state index in [4.69, 9.17) is 0 Å². The molecule has 0 saturated heterocycles. The Bertz CT molecular complexity index is 580. The Morgan fingerprint density at radius 1 is 1.12 bits per heavy atom. The van der Waals surface area contributed by atoms with Gasteiger partial charge in [-0.25, -0.2) is 0 Å². The summed E-state index contributed by atoms with van der Waals surface area (Å²) in [6.07, 6.45) is 7.35. The summed E-state index contributed by atoms with van der Waals surface area (Å²) < 4.78 is 0. The smallest absolute Gasteiger partial charge is 0.161 e. The van der Waals surface area contributed by atoms with Gasteiger partial charge in [-0.3, -0.25) is 4.79 Å². The third-order valence-corrected chi connectivity index (χ3v) is 8.80. The van der Waals surface area contributed by atoms with Gasteiger partial charge in [0.1, 0.15) is 5.78 Å². The van der Waals surface area contributed by atoms with Crippen molar-refractivity contribution in [3.05, 3.63) is 11.6 Å². The summed E-state index contributed by atoms with van der Waals surface area (Å²) in [5, 5.41) is 20.9. The van der Waals surface area contributed by atoms with Gasteiger partial charge in [-0.1, -0.05) is 32.4 Å². The number of hydrogen-bond acceptors (Lipinski definition) is 3. The zero-order valence-electron chi connectivity index (χ0n) is 15.3. The number of carbonyl (C=O) groups is 1. The SMILES string of the molecule is CC1C=C2CC(=O)CC[C@]2(C(O)O)[C@@H]2CC[C@]3(C)C(C)CC[C@H]3[C@H]12. The van der Waals surface area contributed by atoms with Crippen molar-refractivity contribution in [2.75, 3.05) is 0 Å². The molecule has 2 unspecified atom stereocenters. The zero-order chi connectivity index (χ0) is 17.3. The third-order valence-electron chi connectivity index (χ3n) is 8.80. The van der Waals surface area contributed by atoms with E-state index in [1.165, 1.54) is 19.3 Å². The summed E-state index contributed by atoms with van der Waals surface area (Å²) in [5.74, 6) is 3.02. The van der Waals surface area contributed by atoms with Crippen LogP contribution in [0.5, 0.6) is 0 Å². The Balaban J connectivity index is 1.80. The average molecular weight is 332 g/mol. The maximum atomic E-state index is 12.0. The fraction of sp³-hybridized carbons (Fsp3) is 0.857. The van der Waals surface area contributed by atoms with Gasteiger partial charge in [0.05, 0.1) is 0 Å². The van der Waals surface area contributed by atoms with Crippen molar-refractivity contribution in [1.82, 2.24) is 0 Å². The van der Waals surface area contributed by atoms with Crippen LogP contribution >= 0.6 is 0 Å². The zero-order valence-corrected chi connectivity index (χ0v) is 15.3. The van der Waals surface area contributed by atoms with Crippen LogP contribution in [0.15, 0.2) is 11.6 Å². The van der Waals surface area contributed by atoms with Crippen molar-refractivity contribution in [1.29, 1.82) is 0 Å². The Hall–Kier alpha value is -0.670. The van der Waals surface area contributed by atoms with Gasteiger partial charge in [-0.15, -0.1) is 0 Å². The van der Waals surface area contributed by atoms with Crippen LogP contribution in [0.4, 0.5) is 0 Å². The van der Waals surface area contributed by atoms with Crippen molar-refractivity contribution in [2.24, 2.45) is 40.4 Å². The highest BCUT2D eigenvalue weighted by Crippen LogP contribution is 2.67. The van der Waals surface area contributed by atoms with Crippen LogP contribution in [0.2, 0.25) is 0 Å². The van der Waals surface area contributed by atoms with Crippen LogP contribution in [0, 0.1) is 40.4 Å². The highest BCUT2D eigenvalue weighted by molar-refractivity contribution is 5.82. The van der Waals surface area contributed by atoms with Crippen LogP contribution in [-0.4, -0.2) is 22.3 Å². The van der Waals surface area contributed by atoms with E-state index < -0.39 is 11.7 Å². The molecule has 4 aliphatic rings. The van der Waals surface area contributed by atoms with E-state index in [1.807, 2.05) is 0 Å². The summed E-state index contributed by atoms with van der Waals surface area (Å²) in [6, 6.07) is 0. The first-order valence-corrected chi connectivity index (χ1v) is 9.89. The van der Waals surface area contributed by atoms with Gasteiger partial charge in [0, 0.05) is 18.3 Å². The fourth-order valence-electron chi connectivity index (χ4n) is 7.32. The molecular formula is C21H32O3. The number of ketones is 1. The third kappa shape index (κ3) is 2.00. The maximum Gasteiger partial charge on any atom is 0.161 e. The first kappa shape index (κ1) is 16.8. The molecule has 3 fully saturated rings. The van der Waals surface area contributed by atoms with Crippen molar-refractivity contribution in [3.8, 4) is 0 Å². The quantitative estimate of drug-likeness (QED) is 0.569. The maximum absolute atomic E-state index is 12.0. The molecule has 0 amide bonds. The monoisotopic (exact) mass is 332 g/mol. The molecule has 0 radical (unpaired) electrons. The molecule has 4 aliphatic carbocycles. The number of hydrogen-bond donors (Lipinski definition) is 2. The molecule has 0 aromatic carbocycles. The minimum absolute atomic E-state index is 0.262. The van der Waals surface area contributed by atoms with Crippen molar-refractivity contribution < 1.29 is 15.0 Å².